The van der Waals surface area contributed by atoms with Gasteiger partial charge in [0.1, 0.15) is 16.3 Å². The number of anilines is 1. The summed E-state index contributed by atoms with van der Waals surface area (Å²) in [4.78, 5) is 34.0. The Hall–Kier alpha value is -3.42. The van der Waals surface area contributed by atoms with Crippen molar-refractivity contribution < 1.29 is 18.9 Å². The highest BCUT2D eigenvalue weighted by Crippen LogP contribution is 2.23. The van der Waals surface area contributed by atoms with E-state index in [-0.39, 0.29) is 11.3 Å². The smallest absolute Gasteiger partial charge is 0.401 e. The summed E-state index contributed by atoms with van der Waals surface area (Å²) in [6, 6.07) is 11.0. The fraction of sp³-hybridized carbons (Fsp3) is 0. The summed E-state index contributed by atoms with van der Waals surface area (Å²) in [7, 11) is 0. The lowest BCUT2D eigenvalue weighted by Crippen LogP contribution is -2.35. The van der Waals surface area contributed by atoms with Gasteiger partial charge in [0, 0.05) is 0 Å². The van der Waals surface area contributed by atoms with E-state index in [0.717, 1.165) is 11.1 Å². The number of rotatable bonds is 3. The molecular formula is C14H9N3O5. The van der Waals surface area contributed by atoms with E-state index in [9.17, 15) is 19.7 Å². The number of benzene rings is 1. The van der Waals surface area contributed by atoms with Gasteiger partial charge in [-0.1, -0.05) is 18.2 Å². The predicted molar refractivity (Wildman–Crippen MR) is 75.4 cm³/mol. The predicted octanol–water partition coefficient (Wildman–Crippen LogP) is 1.65. The van der Waals surface area contributed by atoms with Crippen molar-refractivity contribution in [1.29, 1.82) is 0 Å². The Balaban J connectivity index is 1.91. The molecule has 0 atom stereocenters. The highest BCUT2D eigenvalue weighted by Gasteiger charge is 2.34. The number of hydrazine groups is 1. The normalized spacial score (nSPS) is 16.2. The molecule has 1 aliphatic heterocycles. The lowest BCUT2D eigenvalue weighted by atomic mass is 10.2. The van der Waals surface area contributed by atoms with Crippen molar-refractivity contribution in [2.45, 2.75) is 0 Å². The summed E-state index contributed by atoms with van der Waals surface area (Å²) < 4.78 is 4.92. The molecule has 8 nitrogen and oxygen atoms in total. The first-order chi connectivity index (χ1) is 10.6. The Bertz CT molecular complexity index is 794. The Labute approximate surface area is 123 Å². The molecule has 3 rings (SSSR count). The van der Waals surface area contributed by atoms with E-state index < -0.39 is 22.6 Å². The van der Waals surface area contributed by atoms with Crippen LogP contribution in [0.1, 0.15) is 5.76 Å². The number of nitrogens with zero attached hydrogens (tertiary/aromatic N) is 2. The van der Waals surface area contributed by atoms with E-state index >= 15 is 0 Å². The zero-order chi connectivity index (χ0) is 15.7. The van der Waals surface area contributed by atoms with Gasteiger partial charge in [-0.2, -0.15) is 0 Å². The molecule has 2 heterocycles. The summed E-state index contributed by atoms with van der Waals surface area (Å²) in [5.41, 5.74) is 2.77. The zero-order valence-electron chi connectivity index (χ0n) is 11.1. The average molecular weight is 299 g/mol. The lowest BCUT2D eigenvalue weighted by Gasteiger charge is -2.13. The summed E-state index contributed by atoms with van der Waals surface area (Å²) in [6.45, 7) is 0. The number of carbonyl (C=O) groups is 2. The number of amides is 2. The van der Waals surface area contributed by atoms with Crippen molar-refractivity contribution in [2.75, 3.05) is 5.01 Å². The third kappa shape index (κ3) is 2.33. The van der Waals surface area contributed by atoms with Crippen LogP contribution < -0.4 is 10.4 Å². The minimum absolute atomic E-state index is 0.0557. The number of hydrogen-bond donors (Lipinski definition) is 1. The van der Waals surface area contributed by atoms with Gasteiger partial charge in [-0.05, 0) is 24.3 Å². The number of hydrogen-bond acceptors (Lipinski definition) is 5. The Morgan fingerprint density at radius 3 is 2.50 bits per heavy atom. The van der Waals surface area contributed by atoms with Crippen molar-refractivity contribution in [3.8, 4) is 0 Å². The standard InChI is InChI=1S/C14H9N3O5/c18-13-11(8-10-6-7-12(22-10)17(20)21)14(19)16(15-13)9-4-2-1-3-5-9/h1-8H,(H,15,18)/b11-8-. The van der Waals surface area contributed by atoms with Crippen LogP contribution in [0.25, 0.3) is 6.08 Å². The maximum atomic E-state index is 12.3. The monoisotopic (exact) mass is 299 g/mol. The van der Waals surface area contributed by atoms with E-state index in [4.69, 9.17) is 4.42 Å². The van der Waals surface area contributed by atoms with Crippen LogP contribution in [-0.2, 0) is 9.59 Å². The van der Waals surface area contributed by atoms with Crippen molar-refractivity contribution in [2.24, 2.45) is 0 Å². The maximum Gasteiger partial charge on any atom is 0.433 e. The first-order valence-electron chi connectivity index (χ1n) is 6.22. The number of furan rings is 1. The molecule has 1 fully saturated rings. The van der Waals surface area contributed by atoms with Gasteiger partial charge < -0.3 is 4.42 Å². The average Bonchev–Trinajstić information content (AvgIpc) is 3.09. The molecule has 2 amide bonds. The Kier molecular flexibility index (Phi) is 3.18. The van der Waals surface area contributed by atoms with Crippen molar-refractivity contribution in [3.05, 3.63) is 63.9 Å². The minimum atomic E-state index is -0.700. The van der Waals surface area contributed by atoms with Crippen molar-refractivity contribution in [1.82, 2.24) is 5.43 Å². The third-order valence-electron chi connectivity index (χ3n) is 2.99. The fourth-order valence-corrected chi connectivity index (χ4v) is 1.98. The second-order valence-corrected chi connectivity index (χ2v) is 4.41. The molecule has 0 radical (unpaired) electrons. The molecule has 22 heavy (non-hydrogen) atoms. The highest BCUT2D eigenvalue weighted by atomic mass is 16.6. The van der Waals surface area contributed by atoms with Gasteiger partial charge in [0.15, 0.2) is 0 Å². The number of carbonyl (C=O) groups excluding carboxylic acids is 2. The number of nitrogens with one attached hydrogen (secondary N) is 1. The van der Waals surface area contributed by atoms with E-state index in [1.54, 1.807) is 30.3 Å². The van der Waals surface area contributed by atoms with Crippen molar-refractivity contribution in [3.63, 3.8) is 0 Å². The molecule has 1 N–H and O–H groups in total. The molecule has 0 saturated carbocycles. The third-order valence-corrected chi connectivity index (χ3v) is 2.99. The van der Waals surface area contributed by atoms with Crippen LogP contribution in [0.2, 0.25) is 0 Å². The van der Waals surface area contributed by atoms with Gasteiger partial charge in [-0.15, -0.1) is 0 Å². The van der Waals surface area contributed by atoms with Crippen LogP contribution >= 0.6 is 0 Å². The molecule has 1 aromatic heterocycles. The molecule has 2 aromatic rings. The molecule has 0 bridgehead atoms. The fourth-order valence-electron chi connectivity index (χ4n) is 1.98. The molecule has 0 spiro atoms. The van der Waals surface area contributed by atoms with Gasteiger partial charge >= 0.3 is 5.88 Å². The van der Waals surface area contributed by atoms with Crippen LogP contribution in [-0.4, -0.2) is 16.7 Å². The molecule has 0 unspecified atom stereocenters. The summed E-state index contributed by atoms with van der Waals surface area (Å²) >= 11 is 0. The molecule has 110 valence electrons. The van der Waals surface area contributed by atoms with Crippen molar-refractivity contribution >= 4 is 29.5 Å². The van der Waals surface area contributed by atoms with Crippen LogP contribution in [0.5, 0.6) is 0 Å². The Morgan fingerprint density at radius 2 is 1.86 bits per heavy atom. The molecule has 1 aromatic carbocycles. The first-order valence-corrected chi connectivity index (χ1v) is 6.22. The molecule has 1 saturated heterocycles. The van der Waals surface area contributed by atoms with E-state index in [1.807, 2.05) is 0 Å². The Morgan fingerprint density at radius 1 is 1.14 bits per heavy atom. The van der Waals surface area contributed by atoms with Crippen LogP contribution in [0, 0.1) is 10.1 Å². The maximum absolute atomic E-state index is 12.3. The SMILES string of the molecule is O=C1NN(c2ccccc2)C(=O)/C1=C\c1ccc([N+](=O)[O-])o1. The minimum Gasteiger partial charge on any atom is -0.401 e. The number of para-hydroxylation sites is 1. The summed E-state index contributed by atoms with van der Waals surface area (Å²) in [6.07, 6.45) is 1.17. The van der Waals surface area contributed by atoms with Crippen LogP contribution in [0.15, 0.2) is 52.5 Å². The van der Waals surface area contributed by atoms with Gasteiger partial charge in [-0.25, -0.2) is 5.01 Å². The first kappa shape index (κ1) is 13.6. The van der Waals surface area contributed by atoms with Gasteiger partial charge in [-0.3, -0.25) is 25.1 Å². The largest absolute Gasteiger partial charge is 0.433 e. The molecule has 0 aliphatic carbocycles. The van der Waals surface area contributed by atoms with Gasteiger partial charge in [0.25, 0.3) is 11.8 Å². The second kappa shape index (κ2) is 5.17. The topological polar surface area (TPSA) is 106 Å². The molecule has 8 heteroatoms. The van der Waals surface area contributed by atoms with Crippen LogP contribution in [0.4, 0.5) is 11.6 Å². The van der Waals surface area contributed by atoms with Crippen LogP contribution in [0.3, 0.4) is 0 Å². The van der Waals surface area contributed by atoms with E-state index in [2.05, 4.69) is 5.43 Å². The van der Waals surface area contributed by atoms with E-state index in [0.29, 0.717) is 5.69 Å². The lowest BCUT2D eigenvalue weighted by molar-refractivity contribution is -0.402. The van der Waals surface area contributed by atoms with E-state index in [1.165, 1.54) is 12.1 Å². The summed E-state index contributed by atoms with van der Waals surface area (Å²) in [5.74, 6) is -1.57. The highest BCUT2D eigenvalue weighted by molar-refractivity contribution is 6.31. The zero-order valence-corrected chi connectivity index (χ0v) is 11.1. The molecule has 1 aliphatic rings. The summed E-state index contributed by atoms with van der Waals surface area (Å²) in [5, 5.41) is 11.7. The van der Waals surface area contributed by atoms with Gasteiger partial charge in [0.05, 0.1) is 11.8 Å². The van der Waals surface area contributed by atoms with Gasteiger partial charge in [0.2, 0.25) is 0 Å². The molecular weight excluding hydrogens is 290 g/mol. The number of nitro groups is 1. The second-order valence-electron chi connectivity index (χ2n) is 4.41. The quantitative estimate of drug-likeness (QED) is 0.401.